The van der Waals surface area contributed by atoms with E-state index in [9.17, 15) is 19.6 Å². The fraction of sp³-hybridized carbons (Fsp3) is 0.172. The first-order valence-corrected chi connectivity index (χ1v) is 12.7. The van der Waals surface area contributed by atoms with E-state index in [4.69, 9.17) is 9.47 Å². The number of rotatable bonds is 9. The van der Waals surface area contributed by atoms with E-state index in [1.54, 1.807) is 48.5 Å². The maximum absolute atomic E-state index is 12.9. The van der Waals surface area contributed by atoms with Gasteiger partial charge in [-0.3, -0.25) is 19.3 Å². The minimum absolute atomic E-state index is 0.0205. The molecule has 3 aromatic carbocycles. The third-order valence-corrected chi connectivity index (χ3v) is 6.74. The van der Waals surface area contributed by atoms with Gasteiger partial charge in [-0.2, -0.15) is 5.26 Å². The second kappa shape index (κ2) is 12.1. The van der Waals surface area contributed by atoms with Crippen molar-refractivity contribution in [3.05, 3.63) is 93.9 Å². The van der Waals surface area contributed by atoms with E-state index in [0.29, 0.717) is 33.9 Å². The predicted molar refractivity (Wildman–Crippen MR) is 146 cm³/mol. The number of aryl methyl sites for hydroxylation is 1. The van der Waals surface area contributed by atoms with Gasteiger partial charge < -0.3 is 14.8 Å². The SMILES string of the molecule is CCc1ccc(NC(=O)COc2ccc(/C=C3\SC(=O)N(Cc4ccccc4C#N)C3=O)cc2OC)cc1. The van der Waals surface area contributed by atoms with Gasteiger partial charge in [0.2, 0.25) is 0 Å². The molecule has 0 spiro atoms. The molecule has 1 N–H and O–H groups in total. The quantitative estimate of drug-likeness (QED) is 0.372. The maximum Gasteiger partial charge on any atom is 0.293 e. The van der Waals surface area contributed by atoms with Crippen molar-refractivity contribution in [3.8, 4) is 17.6 Å². The van der Waals surface area contributed by atoms with E-state index < -0.39 is 11.1 Å². The Kier molecular flexibility index (Phi) is 8.46. The molecule has 0 atom stereocenters. The second-order valence-electron chi connectivity index (χ2n) is 8.33. The summed E-state index contributed by atoms with van der Waals surface area (Å²) < 4.78 is 11.1. The van der Waals surface area contributed by atoms with Crippen molar-refractivity contribution in [3.63, 3.8) is 0 Å². The summed E-state index contributed by atoms with van der Waals surface area (Å²) in [6, 6.07) is 21.5. The summed E-state index contributed by atoms with van der Waals surface area (Å²) in [7, 11) is 1.47. The lowest BCUT2D eigenvalue weighted by Gasteiger charge is -2.13. The number of thioether (sulfide) groups is 1. The van der Waals surface area contributed by atoms with Gasteiger partial charge in [0.05, 0.1) is 30.2 Å². The molecule has 1 aliphatic heterocycles. The summed E-state index contributed by atoms with van der Waals surface area (Å²) in [6.07, 6.45) is 2.52. The molecular formula is C29H25N3O5S. The average Bonchev–Trinajstić information content (AvgIpc) is 3.20. The van der Waals surface area contributed by atoms with E-state index in [1.165, 1.54) is 12.7 Å². The molecule has 0 radical (unpaired) electrons. The van der Waals surface area contributed by atoms with Crippen LogP contribution in [0, 0.1) is 11.3 Å². The first-order valence-electron chi connectivity index (χ1n) is 11.8. The lowest BCUT2D eigenvalue weighted by molar-refractivity contribution is -0.123. The molecule has 1 aliphatic rings. The molecule has 3 amide bonds. The number of nitrogens with zero attached hydrogens (tertiary/aromatic N) is 2. The van der Waals surface area contributed by atoms with Gasteiger partial charge in [0.25, 0.3) is 17.1 Å². The van der Waals surface area contributed by atoms with E-state index in [-0.39, 0.29) is 24.0 Å². The molecule has 3 aromatic rings. The van der Waals surface area contributed by atoms with E-state index in [2.05, 4.69) is 18.3 Å². The predicted octanol–water partition coefficient (Wildman–Crippen LogP) is 5.38. The second-order valence-corrected chi connectivity index (χ2v) is 9.33. The Morgan fingerprint density at radius 2 is 1.84 bits per heavy atom. The van der Waals surface area contributed by atoms with Crippen LogP contribution >= 0.6 is 11.8 Å². The third kappa shape index (κ3) is 6.22. The molecule has 1 saturated heterocycles. The molecular weight excluding hydrogens is 502 g/mol. The normalized spacial score (nSPS) is 13.9. The lowest BCUT2D eigenvalue weighted by Crippen LogP contribution is -2.27. The highest BCUT2D eigenvalue weighted by Gasteiger charge is 2.35. The van der Waals surface area contributed by atoms with Gasteiger partial charge in [0.1, 0.15) is 0 Å². The van der Waals surface area contributed by atoms with Gasteiger partial charge in [0, 0.05) is 5.69 Å². The van der Waals surface area contributed by atoms with Gasteiger partial charge >= 0.3 is 0 Å². The van der Waals surface area contributed by atoms with E-state index in [0.717, 1.165) is 23.1 Å². The van der Waals surface area contributed by atoms with Crippen molar-refractivity contribution in [2.24, 2.45) is 0 Å². The van der Waals surface area contributed by atoms with Gasteiger partial charge in [-0.05, 0) is 71.3 Å². The van der Waals surface area contributed by atoms with Crippen molar-refractivity contribution >= 4 is 40.6 Å². The first-order chi connectivity index (χ1) is 18.4. The van der Waals surface area contributed by atoms with E-state index >= 15 is 0 Å². The Bertz CT molecular complexity index is 1440. The number of hydrogen-bond donors (Lipinski definition) is 1. The van der Waals surface area contributed by atoms with Crippen molar-refractivity contribution in [1.82, 2.24) is 4.90 Å². The Labute approximate surface area is 224 Å². The summed E-state index contributed by atoms with van der Waals surface area (Å²) in [5, 5.41) is 11.7. The van der Waals surface area contributed by atoms with Crippen LogP contribution < -0.4 is 14.8 Å². The molecule has 0 aromatic heterocycles. The van der Waals surface area contributed by atoms with Crippen molar-refractivity contribution in [2.45, 2.75) is 19.9 Å². The van der Waals surface area contributed by atoms with Crippen molar-refractivity contribution in [1.29, 1.82) is 5.26 Å². The average molecular weight is 528 g/mol. The van der Waals surface area contributed by atoms with Gasteiger partial charge in [-0.1, -0.05) is 43.3 Å². The van der Waals surface area contributed by atoms with Gasteiger partial charge in [0.15, 0.2) is 18.1 Å². The molecule has 1 fully saturated rings. The molecule has 38 heavy (non-hydrogen) atoms. The number of carbonyl (C=O) groups excluding carboxylic acids is 3. The van der Waals surface area contributed by atoms with Gasteiger partial charge in [-0.15, -0.1) is 0 Å². The fourth-order valence-electron chi connectivity index (χ4n) is 3.78. The Morgan fingerprint density at radius 3 is 2.55 bits per heavy atom. The number of hydrogen-bond acceptors (Lipinski definition) is 7. The summed E-state index contributed by atoms with van der Waals surface area (Å²) in [5.74, 6) is -0.00827. The number of nitriles is 1. The molecule has 8 nitrogen and oxygen atoms in total. The number of ether oxygens (including phenoxy) is 2. The Balaban J connectivity index is 1.41. The summed E-state index contributed by atoms with van der Waals surface area (Å²) in [5.41, 5.74) is 3.50. The molecule has 1 heterocycles. The van der Waals surface area contributed by atoms with Crippen molar-refractivity contribution < 1.29 is 23.9 Å². The number of amides is 3. The number of carbonyl (C=O) groups is 3. The maximum atomic E-state index is 12.9. The molecule has 4 rings (SSSR count). The fourth-order valence-corrected chi connectivity index (χ4v) is 4.62. The van der Waals surface area contributed by atoms with Crippen LogP contribution in [0.5, 0.6) is 11.5 Å². The van der Waals surface area contributed by atoms with Crippen LogP contribution in [0.1, 0.15) is 29.2 Å². The van der Waals surface area contributed by atoms with E-state index in [1.807, 2.05) is 24.3 Å². The van der Waals surface area contributed by atoms with Crippen molar-refractivity contribution in [2.75, 3.05) is 19.0 Å². The lowest BCUT2D eigenvalue weighted by atomic mass is 10.1. The topological polar surface area (TPSA) is 109 Å². The van der Waals surface area contributed by atoms with Crippen LogP contribution in [0.2, 0.25) is 0 Å². The highest BCUT2D eigenvalue weighted by Crippen LogP contribution is 2.35. The smallest absolute Gasteiger partial charge is 0.293 e. The minimum Gasteiger partial charge on any atom is -0.493 e. The van der Waals surface area contributed by atoms with Crippen LogP contribution in [0.15, 0.2) is 71.6 Å². The molecule has 0 aliphatic carbocycles. The zero-order valence-corrected chi connectivity index (χ0v) is 21.7. The molecule has 0 unspecified atom stereocenters. The number of methoxy groups -OCH3 is 1. The number of nitrogens with one attached hydrogen (secondary N) is 1. The zero-order chi connectivity index (χ0) is 27.1. The number of imide groups is 1. The first kappa shape index (κ1) is 26.5. The number of anilines is 1. The highest BCUT2D eigenvalue weighted by atomic mass is 32.2. The summed E-state index contributed by atoms with van der Waals surface area (Å²) >= 11 is 0.835. The van der Waals surface area contributed by atoms with Crippen LogP contribution in [-0.4, -0.2) is 35.7 Å². The monoisotopic (exact) mass is 527 g/mol. The Morgan fingerprint density at radius 1 is 1.08 bits per heavy atom. The summed E-state index contributed by atoms with van der Waals surface area (Å²) in [6.45, 7) is 1.87. The zero-order valence-electron chi connectivity index (χ0n) is 20.9. The standard InChI is InChI=1S/C29H25N3O5S/c1-3-19-8-11-23(12-9-19)31-27(33)18-37-24-13-10-20(14-25(24)36-2)15-26-28(34)32(29(35)38-26)17-22-7-5-4-6-21(22)16-30/h4-15H,3,17-18H2,1-2H3,(H,31,33)/b26-15-. The van der Waals surface area contributed by atoms with Crippen LogP contribution in [0.3, 0.4) is 0 Å². The largest absolute Gasteiger partial charge is 0.493 e. The van der Waals surface area contributed by atoms with Crippen LogP contribution in [-0.2, 0) is 22.6 Å². The molecule has 0 saturated carbocycles. The molecule has 0 bridgehead atoms. The molecule has 192 valence electrons. The number of benzene rings is 3. The third-order valence-electron chi connectivity index (χ3n) is 5.83. The summed E-state index contributed by atoms with van der Waals surface area (Å²) in [4.78, 5) is 39.2. The Hall–Kier alpha value is -4.55. The molecule has 9 heteroatoms. The van der Waals surface area contributed by atoms with Gasteiger partial charge in [-0.25, -0.2) is 0 Å². The van der Waals surface area contributed by atoms with Crippen LogP contribution in [0.4, 0.5) is 10.5 Å². The minimum atomic E-state index is -0.435. The highest BCUT2D eigenvalue weighted by molar-refractivity contribution is 8.18. The van der Waals surface area contributed by atoms with Crippen LogP contribution in [0.25, 0.3) is 6.08 Å².